The van der Waals surface area contributed by atoms with E-state index < -0.39 is 0 Å². The molecule has 30 heavy (non-hydrogen) atoms. The molecule has 0 aromatic heterocycles. The van der Waals surface area contributed by atoms with Gasteiger partial charge in [-0.15, -0.1) is 0 Å². The molecule has 0 aliphatic rings. The molecule has 3 aromatic rings. The molecule has 0 aliphatic carbocycles. The van der Waals surface area contributed by atoms with Crippen molar-refractivity contribution in [1.29, 1.82) is 0 Å². The number of amides is 1. The zero-order valence-corrected chi connectivity index (χ0v) is 18.3. The van der Waals surface area contributed by atoms with Gasteiger partial charge < -0.3 is 10.1 Å². The minimum Gasteiger partial charge on any atom is -0.489 e. The SMILES string of the molecule is CC[C@@H](C)c1ccc(NC(=O)c2cccc(COc3ccc(C(C)C)cc3)c2)cc1. The molecule has 1 atom stereocenters. The highest BCUT2D eigenvalue weighted by Gasteiger charge is 2.09. The van der Waals surface area contributed by atoms with E-state index in [-0.39, 0.29) is 5.91 Å². The fraction of sp³-hybridized carbons (Fsp3) is 0.296. The van der Waals surface area contributed by atoms with Crippen molar-refractivity contribution in [2.24, 2.45) is 0 Å². The fourth-order valence-corrected chi connectivity index (χ4v) is 3.25. The van der Waals surface area contributed by atoms with Gasteiger partial charge in [-0.05, 0) is 71.3 Å². The summed E-state index contributed by atoms with van der Waals surface area (Å²) in [4.78, 5) is 12.7. The summed E-state index contributed by atoms with van der Waals surface area (Å²) >= 11 is 0. The number of ether oxygens (including phenoxy) is 1. The first kappa shape index (κ1) is 21.6. The summed E-state index contributed by atoms with van der Waals surface area (Å²) < 4.78 is 5.89. The van der Waals surface area contributed by atoms with E-state index in [0.717, 1.165) is 23.4 Å². The average Bonchev–Trinajstić information content (AvgIpc) is 2.78. The molecule has 1 amide bonds. The fourth-order valence-electron chi connectivity index (χ4n) is 3.25. The second-order valence-corrected chi connectivity index (χ2v) is 8.10. The number of anilines is 1. The highest BCUT2D eigenvalue weighted by Crippen LogP contribution is 2.22. The number of carbonyl (C=O) groups is 1. The quantitative estimate of drug-likeness (QED) is 0.435. The second-order valence-electron chi connectivity index (χ2n) is 8.10. The van der Waals surface area contributed by atoms with Gasteiger partial charge in [-0.1, -0.05) is 64.1 Å². The maximum Gasteiger partial charge on any atom is 0.255 e. The van der Waals surface area contributed by atoms with Gasteiger partial charge in [0.25, 0.3) is 5.91 Å². The van der Waals surface area contributed by atoms with Crippen LogP contribution in [-0.2, 0) is 6.61 Å². The molecule has 0 spiro atoms. The van der Waals surface area contributed by atoms with Crippen LogP contribution < -0.4 is 10.1 Å². The lowest BCUT2D eigenvalue weighted by Gasteiger charge is -2.11. The summed E-state index contributed by atoms with van der Waals surface area (Å²) in [5.74, 6) is 1.73. The number of nitrogens with one attached hydrogen (secondary N) is 1. The van der Waals surface area contributed by atoms with E-state index >= 15 is 0 Å². The molecule has 3 aromatic carbocycles. The van der Waals surface area contributed by atoms with Crippen LogP contribution in [0.1, 0.15) is 73.0 Å². The first-order valence-corrected chi connectivity index (χ1v) is 10.7. The van der Waals surface area contributed by atoms with Gasteiger partial charge in [-0.3, -0.25) is 4.79 Å². The molecule has 3 rings (SSSR count). The molecule has 0 radical (unpaired) electrons. The molecule has 0 aliphatic heterocycles. The lowest BCUT2D eigenvalue weighted by Crippen LogP contribution is -2.12. The first-order chi connectivity index (χ1) is 14.5. The summed E-state index contributed by atoms with van der Waals surface area (Å²) in [5.41, 5.74) is 4.97. The number of hydrogen-bond acceptors (Lipinski definition) is 2. The summed E-state index contributed by atoms with van der Waals surface area (Å²) in [6, 6.07) is 23.8. The van der Waals surface area contributed by atoms with Crippen molar-refractivity contribution in [3.05, 3.63) is 95.1 Å². The Labute approximate surface area is 180 Å². The van der Waals surface area contributed by atoms with Crippen LogP contribution in [0.4, 0.5) is 5.69 Å². The third-order valence-corrected chi connectivity index (χ3v) is 5.49. The van der Waals surface area contributed by atoms with Crippen LogP contribution in [0, 0.1) is 0 Å². The lowest BCUT2D eigenvalue weighted by molar-refractivity contribution is 0.102. The van der Waals surface area contributed by atoms with E-state index in [4.69, 9.17) is 4.74 Å². The van der Waals surface area contributed by atoms with Crippen molar-refractivity contribution < 1.29 is 9.53 Å². The smallest absolute Gasteiger partial charge is 0.255 e. The van der Waals surface area contributed by atoms with Crippen molar-refractivity contribution >= 4 is 11.6 Å². The zero-order valence-electron chi connectivity index (χ0n) is 18.3. The Kier molecular flexibility index (Phi) is 7.29. The maximum absolute atomic E-state index is 12.7. The molecule has 3 nitrogen and oxygen atoms in total. The Bertz CT molecular complexity index is 959. The van der Waals surface area contributed by atoms with Crippen LogP contribution in [0.5, 0.6) is 5.75 Å². The zero-order chi connectivity index (χ0) is 21.5. The monoisotopic (exact) mass is 401 g/mol. The van der Waals surface area contributed by atoms with E-state index in [2.05, 4.69) is 57.3 Å². The molecule has 3 heteroatoms. The summed E-state index contributed by atoms with van der Waals surface area (Å²) in [7, 11) is 0. The van der Waals surface area contributed by atoms with E-state index in [1.807, 2.05) is 48.5 Å². The summed E-state index contributed by atoms with van der Waals surface area (Å²) in [5, 5.41) is 2.98. The Morgan fingerprint density at radius 2 is 1.57 bits per heavy atom. The van der Waals surface area contributed by atoms with E-state index in [0.29, 0.717) is 24.0 Å². The Morgan fingerprint density at radius 1 is 0.900 bits per heavy atom. The summed E-state index contributed by atoms with van der Waals surface area (Å²) in [6.45, 7) is 9.16. The predicted octanol–water partition coefficient (Wildman–Crippen LogP) is 7.15. The van der Waals surface area contributed by atoms with Gasteiger partial charge in [-0.25, -0.2) is 0 Å². The predicted molar refractivity (Wildman–Crippen MR) is 124 cm³/mol. The number of carbonyl (C=O) groups excluding carboxylic acids is 1. The molecule has 0 saturated heterocycles. The Hall–Kier alpha value is -3.07. The Morgan fingerprint density at radius 3 is 2.20 bits per heavy atom. The van der Waals surface area contributed by atoms with Gasteiger partial charge in [0.15, 0.2) is 0 Å². The second kappa shape index (κ2) is 10.1. The standard InChI is InChI=1S/C27H31NO2/c1-5-20(4)23-9-13-25(14-10-23)28-27(29)24-8-6-7-21(17-24)18-30-26-15-11-22(12-16-26)19(2)3/h6-17,19-20H,5,18H2,1-4H3,(H,28,29)/t20-/m1/s1. The highest BCUT2D eigenvalue weighted by molar-refractivity contribution is 6.04. The molecule has 156 valence electrons. The van der Waals surface area contributed by atoms with Crippen LogP contribution >= 0.6 is 0 Å². The first-order valence-electron chi connectivity index (χ1n) is 10.7. The third kappa shape index (κ3) is 5.73. The van der Waals surface area contributed by atoms with Gasteiger partial charge >= 0.3 is 0 Å². The summed E-state index contributed by atoms with van der Waals surface area (Å²) in [6.07, 6.45) is 1.10. The van der Waals surface area contributed by atoms with Crippen LogP contribution in [0.2, 0.25) is 0 Å². The van der Waals surface area contributed by atoms with Crippen LogP contribution in [0.25, 0.3) is 0 Å². The molecule has 0 heterocycles. The van der Waals surface area contributed by atoms with Crippen molar-refractivity contribution in [3.63, 3.8) is 0 Å². The highest BCUT2D eigenvalue weighted by atomic mass is 16.5. The van der Waals surface area contributed by atoms with E-state index in [1.54, 1.807) is 0 Å². The van der Waals surface area contributed by atoms with Gasteiger partial charge in [0.1, 0.15) is 12.4 Å². The minimum atomic E-state index is -0.116. The molecule has 0 unspecified atom stereocenters. The molecule has 0 saturated carbocycles. The Balaban J connectivity index is 1.60. The number of benzene rings is 3. The molecular weight excluding hydrogens is 370 g/mol. The van der Waals surface area contributed by atoms with Crippen molar-refractivity contribution in [2.75, 3.05) is 5.32 Å². The van der Waals surface area contributed by atoms with Crippen LogP contribution in [0.3, 0.4) is 0 Å². The van der Waals surface area contributed by atoms with Crippen LogP contribution in [-0.4, -0.2) is 5.91 Å². The van der Waals surface area contributed by atoms with Gasteiger partial charge in [0, 0.05) is 11.3 Å². The van der Waals surface area contributed by atoms with Crippen molar-refractivity contribution in [1.82, 2.24) is 0 Å². The average molecular weight is 402 g/mol. The number of rotatable bonds is 8. The van der Waals surface area contributed by atoms with Crippen molar-refractivity contribution in [2.45, 2.75) is 52.6 Å². The third-order valence-electron chi connectivity index (χ3n) is 5.49. The normalized spacial score (nSPS) is 11.9. The molecule has 0 fully saturated rings. The van der Waals surface area contributed by atoms with E-state index in [9.17, 15) is 4.79 Å². The maximum atomic E-state index is 12.7. The molecule has 0 bridgehead atoms. The van der Waals surface area contributed by atoms with Crippen molar-refractivity contribution in [3.8, 4) is 5.75 Å². The minimum absolute atomic E-state index is 0.116. The van der Waals surface area contributed by atoms with Gasteiger partial charge in [-0.2, -0.15) is 0 Å². The molecular formula is C27H31NO2. The van der Waals surface area contributed by atoms with Gasteiger partial charge in [0.05, 0.1) is 0 Å². The topological polar surface area (TPSA) is 38.3 Å². The molecule has 1 N–H and O–H groups in total. The largest absolute Gasteiger partial charge is 0.489 e. The van der Waals surface area contributed by atoms with Crippen LogP contribution in [0.15, 0.2) is 72.8 Å². The lowest BCUT2D eigenvalue weighted by atomic mass is 9.98. The number of hydrogen-bond donors (Lipinski definition) is 1. The van der Waals surface area contributed by atoms with E-state index in [1.165, 1.54) is 11.1 Å². The van der Waals surface area contributed by atoms with Gasteiger partial charge in [0.2, 0.25) is 0 Å².